The van der Waals surface area contributed by atoms with Crippen molar-refractivity contribution in [3.8, 4) is 0 Å². The number of aryl methyl sites for hydroxylation is 1. The molecule has 0 aliphatic heterocycles. The molecular formula is C17H27NO4S. The van der Waals surface area contributed by atoms with Crippen LogP contribution in [0, 0.1) is 6.92 Å². The Morgan fingerprint density at radius 1 is 1.26 bits per heavy atom. The zero-order valence-corrected chi connectivity index (χ0v) is 15.4. The van der Waals surface area contributed by atoms with E-state index in [0.717, 1.165) is 24.7 Å². The van der Waals surface area contributed by atoms with Crippen molar-refractivity contribution in [3.05, 3.63) is 29.3 Å². The second-order valence-electron chi connectivity index (χ2n) is 5.71. The van der Waals surface area contributed by atoms with Crippen LogP contribution in [0.15, 0.2) is 23.1 Å². The fourth-order valence-corrected chi connectivity index (χ4v) is 3.23. The van der Waals surface area contributed by atoms with Crippen molar-refractivity contribution in [2.45, 2.75) is 44.6 Å². The molecule has 0 spiro atoms. The maximum absolute atomic E-state index is 13.0. The molecule has 23 heavy (non-hydrogen) atoms. The molecule has 0 N–H and O–H groups in total. The van der Waals surface area contributed by atoms with Crippen LogP contribution in [0.2, 0.25) is 0 Å². The van der Waals surface area contributed by atoms with Gasteiger partial charge in [-0.25, -0.2) is 8.42 Å². The van der Waals surface area contributed by atoms with Gasteiger partial charge in [-0.05, 0) is 37.5 Å². The van der Waals surface area contributed by atoms with Gasteiger partial charge in [-0.3, -0.25) is 4.79 Å². The maximum atomic E-state index is 13.0. The van der Waals surface area contributed by atoms with Crippen molar-refractivity contribution in [3.63, 3.8) is 0 Å². The van der Waals surface area contributed by atoms with E-state index in [1.54, 1.807) is 18.1 Å². The lowest BCUT2D eigenvalue weighted by atomic mass is 10.0. The highest BCUT2D eigenvalue weighted by molar-refractivity contribution is 7.90. The van der Waals surface area contributed by atoms with Crippen LogP contribution in [-0.2, 0) is 14.6 Å². The van der Waals surface area contributed by atoms with Crippen molar-refractivity contribution in [1.29, 1.82) is 0 Å². The maximum Gasteiger partial charge on any atom is 0.254 e. The second-order valence-corrected chi connectivity index (χ2v) is 7.73. The molecule has 0 aromatic heterocycles. The van der Waals surface area contributed by atoms with E-state index < -0.39 is 9.84 Å². The molecule has 0 saturated carbocycles. The van der Waals surface area contributed by atoms with Crippen LogP contribution >= 0.6 is 0 Å². The third-order valence-corrected chi connectivity index (χ3v) is 5.16. The molecule has 0 fully saturated rings. The molecule has 6 heteroatoms. The van der Waals surface area contributed by atoms with Crippen molar-refractivity contribution in [2.75, 3.05) is 26.5 Å². The van der Waals surface area contributed by atoms with Gasteiger partial charge in [0.15, 0.2) is 9.84 Å². The standard InChI is InChI=1S/C17H27NO4S/c1-6-14(7-2)18(10-11-22-4)17(19)16-12-15(23(5,20)21)9-8-13(16)3/h8-9,12,14H,6-7,10-11H2,1-5H3. The topological polar surface area (TPSA) is 63.7 Å². The van der Waals surface area contributed by atoms with Gasteiger partial charge in [0.25, 0.3) is 5.91 Å². The van der Waals surface area contributed by atoms with Crippen LogP contribution in [0.1, 0.15) is 42.6 Å². The number of carbonyl (C=O) groups is 1. The minimum Gasteiger partial charge on any atom is -0.383 e. The lowest BCUT2D eigenvalue weighted by Crippen LogP contribution is -2.42. The van der Waals surface area contributed by atoms with Crippen molar-refractivity contribution < 1.29 is 17.9 Å². The average Bonchev–Trinajstić information content (AvgIpc) is 2.50. The molecule has 0 aliphatic carbocycles. The van der Waals surface area contributed by atoms with Gasteiger partial charge in [0, 0.05) is 31.5 Å². The minimum atomic E-state index is -3.35. The summed E-state index contributed by atoms with van der Waals surface area (Å²) < 4.78 is 28.6. The molecule has 0 radical (unpaired) electrons. The molecule has 1 aromatic rings. The highest BCUT2D eigenvalue weighted by atomic mass is 32.2. The Hall–Kier alpha value is -1.40. The van der Waals surface area contributed by atoms with E-state index in [9.17, 15) is 13.2 Å². The van der Waals surface area contributed by atoms with Gasteiger partial charge in [-0.15, -0.1) is 0 Å². The number of ether oxygens (including phenoxy) is 1. The second kappa shape index (κ2) is 8.45. The molecule has 0 bridgehead atoms. The number of nitrogens with zero attached hydrogens (tertiary/aromatic N) is 1. The predicted molar refractivity (Wildman–Crippen MR) is 91.6 cm³/mol. The Morgan fingerprint density at radius 3 is 2.35 bits per heavy atom. The number of hydrogen-bond donors (Lipinski definition) is 0. The molecule has 5 nitrogen and oxygen atoms in total. The smallest absolute Gasteiger partial charge is 0.254 e. The van der Waals surface area contributed by atoms with Gasteiger partial charge in [-0.2, -0.15) is 0 Å². The fourth-order valence-electron chi connectivity index (χ4n) is 2.59. The van der Waals surface area contributed by atoms with E-state index in [1.165, 1.54) is 12.1 Å². The van der Waals surface area contributed by atoms with Crippen molar-refractivity contribution >= 4 is 15.7 Å². The zero-order chi connectivity index (χ0) is 17.6. The summed E-state index contributed by atoms with van der Waals surface area (Å²) in [6, 6.07) is 4.82. The van der Waals surface area contributed by atoms with Gasteiger partial charge < -0.3 is 9.64 Å². The van der Waals surface area contributed by atoms with E-state index >= 15 is 0 Å². The summed E-state index contributed by atoms with van der Waals surface area (Å²) in [6.45, 7) is 6.85. The Kier molecular flexibility index (Phi) is 7.22. The summed E-state index contributed by atoms with van der Waals surface area (Å²) in [5, 5.41) is 0. The SMILES string of the molecule is CCC(CC)N(CCOC)C(=O)c1cc(S(C)(=O)=O)ccc1C. The van der Waals surface area contributed by atoms with Crippen LogP contribution in [-0.4, -0.2) is 51.8 Å². The van der Waals surface area contributed by atoms with Gasteiger partial charge >= 0.3 is 0 Å². The molecule has 1 amide bonds. The van der Waals surface area contributed by atoms with Gasteiger partial charge in [0.2, 0.25) is 0 Å². The van der Waals surface area contributed by atoms with Crippen LogP contribution in [0.4, 0.5) is 0 Å². The molecule has 130 valence electrons. The van der Waals surface area contributed by atoms with Gasteiger partial charge in [-0.1, -0.05) is 19.9 Å². The molecule has 0 saturated heterocycles. The van der Waals surface area contributed by atoms with Crippen LogP contribution in [0.3, 0.4) is 0 Å². The van der Waals surface area contributed by atoms with Crippen LogP contribution in [0.25, 0.3) is 0 Å². The van der Waals surface area contributed by atoms with E-state index in [-0.39, 0.29) is 16.8 Å². The van der Waals surface area contributed by atoms with Gasteiger partial charge in [0.1, 0.15) is 0 Å². The first-order valence-corrected chi connectivity index (χ1v) is 9.75. The highest BCUT2D eigenvalue weighted by Crippen LogP contribution is 2.20. The quantitative estimate of drug-likeness (QED) is 0.729. The van der Waals surface area contributed by atoms with E-state index in [2.05, 4.69) is 0 Å². The first kappa shape index (κ1) is 19.6. The first-order valence-electron chi connectivity index (χ1n) is 7.86. The molecule has 1 rings (SSSR count). The largest absolute Gasteiger partial charge is 0.383 e. The minimum absolute atomic E-state index is 0.110. The van der Waals surface area contributed by atoms with Gasteiger partial charge in [0.05, 0.1) is 11.5 Å². The third-order valence-electron chi connectivity index (χ3n) is 4.05. The fraction of sp³-hybridized carbons (Fsp3) is 0.588. The number of methoxy groups -OCH3 is 1. The molecule has 1 aromatic carbocycles. The van der Waals surface area contributed by atoms with Crippen molar-refractivity contribution in [1.82, 2.24) is 4.90 Å². The Labute approximate surface area is 139 Å². The van der Waals surface area contributed by atoms with E-state index in [1.807, 2.05) is 20.8 Å². The predicted octanol–water partition coefficient (Wildman–Crippen LogP) is 2.68. The Morgan fingerprint density at radius 2 is 1.87 bits per heavy atom. The number of amides is 1. The lowest BCUT2D eigenvalue weighted by molar-refractivity contribution is 0.0588. The first-order chi connectivity index (χ1) is 10.8. The van der Waals surface area contributed by atoms with Crippen molar-refractivity contribution in [2.24, 2.45) is 0 Å². The summed E-state index contributed by atoms with van der Waals surface area (Å²) in [5.41, 5.74) is 1.21. The summed E-state index contributed by atoms with van der Waals surface area (Å²) in [7, 11) is -1.74. The molecule has 0 heterocycles. The van der Waals surface area contributed by atoms with E-state index in [0.29, 0.717) is 18.7 Å². The molecule has 0 unspecified atom stereocenters. The summed E-state index contributed by atoms with van der Waals surface area (Å²) in [6.07, 6.45) is 2.84. The summed E-state index contributed by atoms with van der Waals surface area (Å²) in [5.74, 6) is -0.140. The Balaban J connectivity index is 3.26. The number of hydrogen-bond acceptors (Lipinski definition) is 4. The zero-order valence-electron chi connectivity index (χ0n) is 14.6. The van der Waals surface area contributed by atoms with E-state index in [4.69, 9.17) is 4.74 Å². The monoisotopic (exact) mass is 341 g/mol. The molecular weight excluding hydrogens is 314 g/mol. The third kappa shape index (κ3) is 5.04. The highest BCUT2D eigenvalue weighted by Gasteiger charge is 2.24. The average molecular weight is 341 g/mol. The molecule has 0 atom stereocenters. The number of carbonyl (C=O) groups excluding carboxylic acids is 1. The number of rotatable bonds is 8. The number of sulfone groups is 1. The number of benzene rings is 1. The van der Waals surface area contributed by atoms with Crippen LogP contribution < -0.4 is 0 Å². The van der Waals surface area contributed by atoms with Crippen LogP contribution in [0.5, 0.6) is 0 Å². The summed E-state index contributed by atoms with van der Waals surface area (Å²) >= 11 is 0. The normalized spacial score (nSPS) is 11.7. The Bertz CT molecular complexity index is 636. The summed E-state index contributed by atoms with van der Waals surface area (Å²) in [4.78, 5) is 14.9. The lowest BCUT2D eigenvalue weighted by Gasteiger charge is -2.31. The molecule has 0 aliphatic rings.